The van der Waals surface area contributed by atoms with E-state index < -0.39 is 0 Å². The Balaban J connectivity index is 2.76. The van der Waals surface area contributed by atoms with Crippen LogP contribution in [0.3, 0.4) is 0 Å². The van der Waals surface area contributed by atoms with E-state index in [-0.39, 0.29) is 19.3 Å². The van der Waals surface area contributed by atoms with E-state index in [9.17, 15) is 0 Å². The summed E-state index contributed by atoms with van der Waals surface area (Å²) >= 11 is 0. The van der Waals surface area contributed by atoms with Gasteiger partial charge in [0.25, 0.3) is 6.01 Å². The van der Waals surface area contributed by atoms with Crippen LogP contribution in [0.4, 0.5) is 6.01 Å². The van der Waals surface area contributed by atoms with Gasteiger partial charge in [-0.25, -0.2) is 0 Å². The standard InChI is InChI=1S/C9H16N2O3/c1-7(2)11(3-4-12)9-10-8(5-13)6-14-9/h6-7,12-13H,3-5H2,1-2H3. The summed E-state index contributed by atoms with van der Waals surface area (Å²) in [6.45, 7) is 4.36. The molecule has 0 aliphatic heterocycles. The molecule has 2 N–H and O–H groups in total. The van der Waals surface area contributed by atoms with E-state index in [0.29, 0.717) is 18.3 Å². The zero-order valence-corrected chi connectivity index (χ0v) is 8.47. The van der Waals surface area contributed by atoms with E-state index in [2.05, 4.69) is 4.98 Å². The molecule has 80 valence electrons. The van der Waals surface area contributed by atoms with Crippen LogP contribution in [0.25, 0.3) is 0 Å². The van der Waals surface area contributed by atoms with E-state index in [1.54, 1.807) is 0 Å². The van der Waals surface area contributed by atoms with Crippen molar-refractivity contribution in [3.63, 3.8) is 0 Å². The van der Waals surface area contributed by atoms with E-state index in [1.807, 2.05) is 18.7 Å². The fraction of sp³-hybridized carbons (Fsp3) is 0.667. The second-order valence-corrected chi connectivity index (χ2v) is 3.29. The Bertz CT molecular complexity index is 273. The summed E-state index contributed by atoms with van der Waals surface area (Å²) < 4.78 is 5.18. The van der Waals surface area contributed by atoms with Gasteiger partial charge in [-0.15, -0.1) is 0 Å². The highest BCUT2D eigenvalue weighted by Crippen LogP contribution is 2.15. The summed E-state index contributed by atoms with van der Waals surface area (Å²) in [7, 11) is 0. The number of oxazole rings is 1. The zero-order chi connectivity index (χ0) is 10.6. The van der Waals surface area contributed by atoms with Crippen LogP contribution in [-0.4, -0.2) is 34.4 Å². The first-order valence-electron chi connectivity index (χ1n) is 4.61. The van der Waals surface area contributed by atoms with Crippen LogP contribution >= 0.6 is 0 Å². The number of hydrogen-bond donors (Lipinski definition) is 2. The van der Waals surface area contributed by atoms with E-state index in [0.717, 1.165) is 0 Å². The molecular formula is C9H16N2O3. The lowest BCUT2D eigenvalue weighted by Gasteiger charge is -2.23. The van der Waals surface area contributed by atoms with Crippen LogP contribution in [0.2, 0.25) is 0 Å². The molecule has 0 atom stereocenters. The quantitative estimate of drug-likeness (QED) is 0.718. The summed E-state index contributed by atoms with van der Waals surface area (Å²) in [6.07, 6.45) is 1.42. The Hall–Kier alpha value is -1.07. The van der Waals surface area contributed by atoms with Crippen molar-refractivity contribution in [1.29, 1.82) is 0 Å². The van der Waals surface area contributed by atoms with Gasteiger partial charge >= 0.3 is 0 Å². The molecule has 5 heteroatoms. The molecule has 0 aliphatic rings. The normalized spacial score (nSPS) is 10.9. The number of nitrogens with zero attached hydrogens (tertiary/aromatic N) is 2. The Morgan fingerprint density at radius 3 is 2.64 bits per heavy atom. The Morgan fingerprint density at radius 1 is 1.50 bits per heavy atom. The van der Waals surface area contributed by atoms with Gasteiger partial charge in [-0.2, -0.15) is 4.98 Å². The minimum atomic E-state index is -0.130. The summed E-state index contributed by atoms with van der Waals surface area (Å²) in [5.74, 6) is 0. The van der Waals surface area contributed by atoms with Gasteiger partial charge < -0.3 is 19.5 Å². The molecule has 0 unspecified atom stereocenters. The monoisotopic (exact) mass is 200 g/mol. The number of anilines is 1. The molecule has 0 aromatic carbocycles. The molecule has 0 bridgehead atoms. The van der Waals surface area contributed by atoms with Crippen molar-refractivity contribution in [2.24, 2.45) is 0 Å². The topological polar surface area (TPSA) is 69.7 Å². The number of hydrogen-bond acceptors (Lipinski definition) is 5. The van der Waals surface area contributed by atoms with E-state index in [1.165, 1.54) is 6.26 Å². The molecule has 1 heterocycles. The molecule has 0 spiro atoms. The molecule has 0 radical (unpaired) electrons. The molecule has 1 rings (SSSR count). The molecule has 0 amide bonds. The third kappa shape index (κ3) is 2.46. The van der Waals surface area contributed by atoms with Gasteiger partial charge in [0.1, 0.15) is 12.0 Å². The second-order valence-electron chi connectivity index (χ2n) is 3.29. The number of aliphatic hydroxyl groups excluding tert-OH is 2. The third-order valence-corrected chi connectivity index (χ3v) is 1.91. The van der Waals surface area contributed by atoms with Gasteiger partial charge in [-0.1, -0.05) is 0 Å². The number of rotatable bonds is 5. The molecule has 14 heavy (non-hydrogen) atoms. The van der Waals surface area contributed by atoms with Crippen molar-refractivity contribution in [2.75, 3.05) is 18.1 Å². The third-order valence-electron chi connectivity index (χ3n) is 1.91. The fourth-order valence-electron chi connectivity index (χ4n) is 1.18. The van der Waals surface area contributed by atoms with Crippen molar-refractivity contribution >= 4 is 6.01 Å². The molecule has 0 fully saturated rings. The highest BCUT2D eigenvalue weighted by Gasteiger charge is 2.15. The van der Waals surface area contributed by atoms with Crippen LogP contribution in [0.1, 0.15) is 19.5 Å². The predicted molar refractivity (Wildman–Crippen MR) is 52.0 cm³/mol. The average Bonchev–Trinajstić information content (AvgIpc) is 2.61. The lowest BCUT2D eigenvalue weighted by Crippen LogP contribution is -2.33. The Morgan fingerprint density at radius 2 is 2.21 bits per heavy atom. The first-order chi connectivity index (χ1) is 6.69. The predicted octanol–water partition coefficient (Wildman–Crippen LogP) is 0.374. The van der Waals surface area contributed by atoms with Crippen molar-refractivity contribution in [2.45, 2.75) is 26.5 Å². The summed E-state index contributed by atoms with van der Waals surface area (Å²) in [6, 6.07) is 0.644. The van der Waals surface area contributed by atoms with Gasteiger partial charge in [0.05, 0.1) is 13.2 Å². The van der Waals surface area contributed by atoms with Crippen molar-refractivity contribution in [3.8, 4) is 0 Å². The summed E-state index contributed by atoms with van der Waals surface area (Å²) in [4.78, 5) is 5.90. The molecule has 1 aromatic rings. The van der Waals surface area contributed by atoms with Crippen molar-refractivity contribution in [1.82, 2.24) is 4.98 Å². The number of aromatic nitrogens is 1. The number of aliphatic hydroxyl groups is 2. The molecule has 5 nitrogen and oxygen atoms in total. The maximum absolute atomic E-state index is 8.85. The highest BCUT2D eigenvalue weighted by atomic mass is 16.4. The molecule has 1 aromatic heterocycles. The molecular weight excluding hydrogens is 184 g/mol. The largest absolute Gasteiger partial charge is 0.432 e. The Labute approximate surface area is 83.0 Å². The van der Waals surface area contributed by atoms with Gasteiger partial charge in [-0.05, 0) is 13.8 Å². The first-order valence-corrected chi connectivity index (χ1v) is 4.61. The highest BCUT2D eigenvalue weighted by molar-refractivity contribution is 5.28. The SMILES string of the molecule is CC(C)N(CCO)c1nc(CO)co1. The first kappa shape index (κ1) is 11.0. The fourth-order valence-corrected chi connectivity index (χ4v) is 1.18. The molecule has 0 saturated heterocycles. The van der Waals surface area contributed by atoms with Crippen LogP contribution in [0.5, 0.6) is 0 Å². The second kappa shape index (κ2) is 4.97. The van der Waals surface area contributed by atoms with Crippen LogP contribution in [0, 0.1) is 0 Å². The van der Waals surface area contributed by atoms with Crippen LogP contribution in [-0.2, 0) is 6.61 Å². The van der Waals surface area contributed by atoms with Crippen molar-refractivity contribution in [3.05, 3.63) is 12.0 Å². The maximum atomic E-state index is 8.85. The molecule has 0 saturated carbocycles. The zero-order valence-electron chi connectivity index (χ0n) is 8.47. The van der Waals surface area contributed by atoms with Crippen molar-refractivity contribution < 1.29 is 14.6 Å². The summed E-state index contributed by atoms with van der Waals surface area (Å²) in [5.41, 5.74) is 0.503. The Kier molecular flexibility index (Phi) is 3.91. The van der Waals surface area contributed by atoms with Gasteiger partial charge in [-0.3, -0.25) is 0 Å². The lowest BCUT2D eigenvalue weighted by atomic mass is 10.3. The average molecular weight is 200 g/mol. The molecule has 0 aliphatic carbocycles. The van der Waals surface area contributed by atoms with Crippen LogP contribution in [0.15, 0.2) is 10.7 Å². The maximum Gasteiger partial charge on any atom is 0.297 e. The van der Waals surface area contributed by atoms with Gasteiger partial charge in [0.15, 0.2) is 0 Å². The minimum absolute atomic E-state index is 0.0506. The van der Waals surface area contributed by atoms with Crippen LogP contribution < -0.4 is 4.90 Å². The smallest absolute Gasteiger partial charge is 0.297 e. The van der Waals surface area contributed by atoms with Gasteiger partial charge in [0.2, 0.25) is 0 Å². The van der Waals surface area contributed by atoms with E-state index >= 15 is 0 Å². The summed E-state index contributed by atoms with van der Waals surface area (Å²) in [5, 5.41) is 17.7. The minimum Gasteiger partial charge on any atom is -0.432 e. The van der Waals surface area contributed by atoms with Gasteiger partial charge in [0, 0.05) is 12.6 Å². The van der Waals surface area contributed by atoms with E-state index in [4.69, 9.17) is 14.6 Å². The lowest BCUT2D eigenvalue weighted by molar-refractivity contribution is 0.276.